The second kappa shape index (κ2) is 4.04. The molecule has 1 aromatic rings. The van der Waals surface area contributed by atoms with Crippen LogP contribution in [0.2, 0.25) is 0 Å². The fourth-order valence-electron chi connectivity index (χ4n) is 2.04. The molecule has 2 rings (SSSR count). The first-order valence-corrected chi connectivity index (χ1v) is 5.55. The lowest BCUT2D eigenvalue weighted by molar-refractivity contribution is 0.745. The van der Waals surface area contributed by atoms with Crippen molar-refractivity contribution < 1.29 is 0 Å². The molecule has 0 saturated carbocycles. The monoisotopic (exact) mass is 207 g/mol. The highest BCUT2D eigenvalue weighted by atomic mass is 16.1. The first-order valence-electron chi connectivity index (χ1n) is 5.55. The normalized spacial score (nSPS) is 15.7. The average Bonchev–Trinajstić information content (AvgIpc) is 2.41. The summed E-state index contributed by atoms with van der Waals surface area (Å²) in [5.41, 5.74) is 1.99. The third kappa shape index (κ3) is 2.03. The second-order valence-electron chi connectivity index (χ2n) is 4.32. The molecule has 0 unspecified atom stereocenters. The first-order chi connectivity index (χ1) is 7.18. The number of hydrogen-bond acceptors (Lipinski definition) is 3. The number of nitrogens with one attached hydrogen (secondary N) is 2. The van der Waals surface area contributed by atoms with Crippen LogP contribution in [0, 0.1) is 0 Å². The quantitative estimate of drug-likeness (QED) is 0.736. The van der Waals surface area contributed by atoms with Crippen LogP contribution in [0.5, 0.6) is 0 Å². The van der Waals surface area contributed by atoms with Crippen molar-refractivity contribution in [2.75, 3.05) is 11.9 Å². The molecule has 0 radical (unpaired) electrons. The molecular weight excluding hydrogens is 190 g/mol. The Bertz CT molecular complexity index is 409. The minimum absolute atomic E-state index is 0.244. The predicted octanol–water partition coefficient (Wildman–Crippen LogP) is 1.64. The molecule has 2 N–H and O–H groups in total. The van der Waals surface area contributed by atoms with Gasteiger partial charge in [-0.05, 0) is 25.2 Å². The summed E-state index contributed by atoms with van der Waals surface area (Å²) in [5.74, 6) is 1.13. The third-order valence-corrected chi connectivity index (χ3v) is 2.79. The van der Waals surface area contributed by atoms with Crippen LogP contribution in [-0.4, -0.2) is 16.5 Å². The van der Waals surface area contributed by atoms with Crippen molar-refractivity contribution in [1.29, 1.82) is 0 Å². The number of aromatic nitrogens is 2. The zero-order valence-corrected chi connectivity index (χ0v) is 9.26. The molecular formula is C11H17N3O. The molecule has 4 heteroatoms. The van der Waals surface area contributed by atoms with Gasteiger partial charge in [-0.25, -0.2) is 4.79 Å². The molecule has 0 atom stereocenters. The van der Waals surface area contributed by atoms with Crippen LogP contribution in [0.1, 0.15) is 43.9 Å². The Labute approximate surface area is 89.1 Å². The molecule has 0 amide bonds. The predicted molar refractivity (Wildman–Crippen MR) is 60.4 cm³/mol. The molecule has 0 fully saturated rings. The number of rotatable bonds is 1. The lowest BCUT2D eigenvalue weighted by Gasteiger charge is -2.13. The Morgan fingerprint density at radius 1 is 1.33 bits per heavy atom. The summed E-state index contributed by atoms with van der Waals surface area (Å²) in [4.78, 5) is 18.2. The maximum atomic E-state index is 11.4. The molecule has 15 heavy (non-hydrogen) atoms. The molecule has 82 valence electrons. The van der Waals surface area contributed by atoms with E-state index in [1.807, 2.05) is 0 Å². The molecule has 0 spiro atoms. The Kier molecular flexibility index (Phi) is 2.75. The average molecular weight is 207 g/mol. The maximum absolute atomic E-state index is 11.4. The van der Waals surface area contributed by atoms with Crippen molar-refractivity contribution in [3.63, 3.8) is 0 Å². The lowest BCUT2D eigenvalue weighted by Crippen LogP contribution is -2.19. The van der Waals surface area contributed by atoms with Gasteiger partial charge in [-0.3, -0.25) is 0 Å². The molecule has 2 heterocycles. The second-order valence-corrected chi connectivity index (χ2v) is 4.32. The van der Waals surface area contributed by atoms with Gasteiger partial charge in [-0.2, -0.15) is 4.98 Å². The molecule has 0 aliphatic carbocycles. The molecule has 1 aliphatic heterocycles. The van der Waals surface area contributed by atoms with E-state index in [0.29, 0.717) is 5.92 Å². The van der Waals surface area contributed by atoms with E-state index in [4.69, 9.17) is 0 Å². The topological polar surface area (TPSA) is 57.8 Å². The van der Waals surface area contributed by atoms with Gasteiger partial charge < -0.3 is 10.3 Å². The largest absolute Gasteiger partial charge is 0.370 e. The number of anilines is 1. The molecule has 1 aliphatic rings. The van der Waals surface area contributed by atoms with Crippen LogP contribution in [-0.2, 0) is 6.42 Å². The maximum Gasteiger partial charge on any atom is 0.347 e. The number of aromatic amines is 1. The van der Waals surface area contributed by atoms with E-state index in [-0.39, 0.29) is 5.69 Å². The van der Waals surface area contributed by atoms with E-state index in [2.05, 4.69) is 29.1 Å². The van der Waals surface area contributed by atoms with E-state index in [1.165, 1.54) is 5.56 Å². The Morgan fingerprint density at radius 2 is 2.13 bits per heavy atom. The fraction of sp³-hybridized carbons (Fsp3) is 0.636. The molecule has 1 aromatic heterocycles. The first kappa shape index (κ1) is 10.2. The zero-order valence-electron chi connectivity index (χ0n) is 9.26. The highest BCUT2D eigenvalue weighted by Gasteiger charge is 2.16. The van der Waals surface area contributed by atoms with Crippen molar-refractivity contribution in [3.8, 4) is 0 Å². The van der Waals surface area contributed by atoms with Gasteiger partial charge in [0.2, 0.25) is 0 Å². The van der Waals surface area contributed by atoms with Crippen molar-refractivity contribution in [1.82, 2.24) is 9.97 Å². The summed E-state index contributed by atoms with van der Waals surface area (Å²) in [5, 5.41) is 3.23. The summed E-state index contributed by atoms with van der Waals surface area (Å²) >= 11 is 0. The highest BCUT2D eigenvalue weighted by Crippen LogP contribution is 2.24. The van der Waals surface area contributed by atoms with Crippen LogP contribution >= 0.6 is 0 Å². The molecule has 4 nitrogen and oxygen atoms in total. The van der Waals surface area contributed by atoms with E-state index in [9.17, 15) is 4.79 Å². The van der Waals surface area contributed by atoms with Crippen LogP contribution in [0.25, 0.3) is 0 Å². The number of fused-ring (bicyclic) bond motifs is 1. The van der Waals surface area contributed by atoms with Crippen molar-refractivity contribution in [3.05, 3.63) is 21.7 Å². The van der Waals surface area contributed by atoms with E-state index < -0.39 is 0 Å². The third-order valence-electron chi connectivity index (χ3n) is 2.79. The molecule has 0 aromatic carbocycles. The number of nitrogens with zero attached hydrogens (tertiary/aromatic N) is 1. The molecule has 0 bridgehead atoms. The van der Waals surface area contributed by atoms with E-state index in [1.54, 1.807) is 0 Å². The molecule has 0 saturated heterocycles. The van der Waals surface area contributed by atoms with Gasteiger partial charge in [0.05, 0.1) is 0 Å². The zero-order chi connectivity index (χ0) is 10.8. The van der Waals surface area contributed by atoms with Gasteiger partial charge in [-0.1, -0.05) is 13.8 Å². The summed E-state index contributed by atoms with van der Waals surface area (Å²) in [6.45, 7) is 5.11. The van der Waals surface area contributed by atoms with Gasteiger partial charge in [0.15, 0.2) is 0 Å². The summed E-state index contributed by atoms with van der Waals surface area (Å²) in [6.07, 6.45) is 3.31. The minimum Gasteiger partial charge on any atom is -0.370 e. The van der Waals surface area contributed by atoms with Crippen LogP contribution < -0.4 is 11.0 Å². The SMILES string of the molecule is CC(C)c1[nH]c(=O)nc2c1CCCCN2. The van der Waals surface area contributed by atoms with Crippen LogP contribution in [0.3, 0.4) is 0 Å². The van der Waals surface area contributed by atoms with Gasteiger partial charge in [0, 0.05) is 17.8 Å². The van der Waals surface area contributed by atoms with Crippen LogP contribution in [0.15, 0.2) is 4.79 Å². The van der Waals surface area contributed by atoms with E-state index in [0.717, 1.165) is 37.3 Å². The van der Waals surface area contributed by atoms with Crippen molar-refractivity contribution in [2.24, 2.45) is 0 Å². The minimum atomic E-state index is -0.244. The summed E-state index contributed by atoms with van der Waals surface area (Å²) in [6, 6.07) is 0. The van der Waals surface area contributed by atoms with Crippen molar-refractivity contribution in [2.45, 2.75) is 39.0 Å². The highest BCUT2D eigenvalue weighted by molar-refractivity contribution is 5.47. The van der Waals surface area contributed by atoms with E-state index >= 15 is 0 Å². The lowest BCUT2D eigenvalue weighted by atomic mass is 10.0. The standard InChI is InChI=1S/C11H17N3O/c1-7(2)9-8-5-3-4-6-12-10(8)14-11(15)13-9/h7H,3-6H2,1-2H3,(H2,12,13,14,15). The van der Waals surface area contributed by atoms with Gasteiger partial charge >= 0.3 is 5.69 Å². The Balaban J connectivity index is 2.55. The summed E-state index contributed by atoms with van der Waals surface area (Å²) in [7, 11) is 0. The Morgan fingerprint density at radius 3 is 2.87 bits per heavy atom. The van der Waals surface area contributed by atoms with Gasteiger partial charge in [0.25, 0.3) is 0 Å². The number of hydrogen-bond donors (Lipinski definition) is 2. The van der Waals surface area contributed by atoms with Crippen molar-refractivity contribution >= 4 is 5.82 Å². The van der Waals surface area contributed by atoms with Gasteiger partial charge in [-0.15, -0.1) is 0 Å². The fourth-order valence-corrected chi connectivity index (χ4v) is 2.04. The number of H-pyrrole nitrogens is 1. The Hall–Kier alpha value is -1.32. The van der Waals surface area contributed by atoms with Crippen LogP contribution in [0.4, 0.5) is 5.82 Å². The van der Waals surface area contributed by atoms with Gasteiger partial charge in [0.1, 0.15) is 5.82 Å². The summed E-state index contributed by atoms with van der Waals surface area (Å²) < 4.78 is 0. The smallest absolute Gasteiger partial charge is 0.347 e.